The molecule has 0 saturated heterocycles. The molecule has 4 atom stereocenters. The Hall–Kier alpha value is -2.82. The van der Waals surface area contributed by atoms with Crippen LogP contribution in [0.1, 0.15) is 66.4 Å². The number of carbonyl (C=O) groups excluding carboxylic acids is 2. The fraction of sp³-hybridized carbons (Fsp3) is 0.440. The molecule has 5 nitrogen and oxygen atoms in total. The number of azo groups is 1. The molecule has 0 spiro atoms. The Balaban J connectivity index is 1.47. The van der Waals surface area contributed by atoms with Crippen molar-refractivity contribution in [3.05, 3.63) is 53.1 Å². The molecule has 2 aromatic carbocycles. The first kappa shape index (κ1) is 19.2. The van der Waals surface area contributed by atoms with E-state index in [0.29, 0.717) is 40.5 Å². The quantitative estimate of drug-likeness (QED) is 0.502. The van der Waals surface area contributed by atoms with Gasteiger partial charge in [-0.15, -0.1) is 5.11 Å². The number of aromatic hydroxyl groups is 1. The fourth-order valence-electron chi connectivity index (χ4n) is 6.25. The Morgan fingerprint density at radius 1 is 1.03 bits per heavy atom. The highest BCUT2D eigenvalue weighted by atomic mass is 16.3. The molecule has 3 aliphatic carbocycles. The van der Waals surface area contributed by atoms with Crippen molar-refractivity contribution >= 4 is 23.4 Å². The van der Waals surface area contributed by atoms with Crippen molar-refractivity contribution in [1.29, 1.82) is 0 Å². The third-order valence-corrected chi connectivity index (χ3v) is 7.87. The lowest BCUT2D eigenvalue weighted by Crippen LogP contribution is -2.42. The molecule has 0 amide bonds. The first-order valence-electron chi connectivity index (χ1n) is 10.9. The van der Waals surface area contributed by atoms with Crippen LogP contribution in [-0.4, -0.2) is 17.2 Å². The second-order valence-electron chi connectivity index (χ2n) is 9.24. The summed E-state index contributed by atoms with van der Waals surface area (Å²) in [5, 5.41) is 19.2. The zero-order valence-electron chi connectivity index (χ0n) is 17.2. The van der Waals surface area contributed by atoms with E-state index in [1.165, 1.54) is 5.56 Å². The van der Waals surface area contributed by atoms with Gasteiger partial charge in [-0.25, -0.2) is 0 Å². The molecule has 0 aliphatic heterocycles. The predicted molar refractivity (Wildman–Crippen MR) is 114 cm³/mol. The number of rotatable bonds is 3. The number of Topliss-reactive ketones (excluding diaryl/α,β-unsaturated/α-hetero) is 1. The Kier molecular flexibility index (Phi) is 4.57. The van der Waals surface area contributed by atoms with Gasteiger partial charge in [-0.1, -0.05) is 13.0 Å². The molecule has 0 heterocycles. The molecule has 2 aromatic rings. The monoisotopic (exact) mass is 402 g/mol. The summed E-state index contributed by atoms with van der Waals surface area (Å²) in [6.45, 7) is 2.19. The Bertz CT molecular complexity index is 1040. The summed E-state index contributed by atoms with van der Waals surface area (Å²) < 4.78 is 0. The standard InChI is InChI=1S/C25H26N2O3/c1-25-13-12-18-17-8-10-22(29)24(27-26-16-4-2-15(14-28)3-5-16)20(17)7-6-19(18)21(25)9-11-23(25)30/h2-5,8,10,14,18-19,21,29H,6-7,9,11-13H2,1H3/t18?,19?,21?,25-/m0/s1. The summed E-state index contributed by atoms with van der Waals surface area (Å²) in [6.07, 6.45) is 6.41. The van der Waals surface area contributed by atoms with Gasteiger partial charge in [0.05, 0.1) is 5.69 Å². The maximum Gasteiger partial charge on any atom is 0.150 e. The summed E-state index contributed by atoms with van der Waals surface area (Å²) in [6, 6.07) is 10.7. The van der Waals surface area contributed by atoms with Gasteiger partial charge in [0, 0.05) is 17.4 Å². The Morgan fingerprint density at radius 2 is 1.83 bits per heavy atom. The number of carbonyl (C=O) groups is 2. The number of nitrogens with zero attached hydrogens (tertiary/aromatic N) is 2. The Morgan fingerprint density at radius 3 is 2.60 bits per heavy atom. The highest BCUT2D eigenvalue weighted by molar-refractivity contribution is 5.87. The molecule has 5 heteroatoms. The lowest BCUT2D eigenvalue weighted by Gasteiger charge is -2.48. The zero-order chi connectivity index (χ0) is 20.9. The van der Waals surface area contributed by atoms with Crippen LogP contribution in [0.3, 0.4) is 0 Å². The normalized spacial score (nSPS) is 30.0. The van der Waals surface area contributed by atoms with Crippen LogP contribution in [0.2, 0.25) is 0 Å². The number of aldehydes is 1. The minimum Gasteiger partial charge on any atom is -0.506 e. The van der Waals surface area contributed by atoms with Crippen molar-refractivity contribution in [1.82, 2.24) is 0 Å². The van der Waals surface area contributed by atoms with Crippen molar-refractivity contribution in [2.75, 3.05) is 0 Å². The van der Waals surface area contributed by atoms with Crippen molar-refractivity contribution in [2.45, 2.75) is 51.4 Å². The highest BCUT2D eigenvalue weighted by Crippen LogP contribution is 2.60. The number of fused-ring (bicyclic) bond motifs is 5. The van der Waals surface area contributed by atoms with Gasteiger partial charge in [-0.05, 0) is 91.3 Å². The molecule has 2 saturated carbocycles. The van der Waals surface area contributed by atoms with E-state index >= 15 is 0 Å². The molecule has 0 radical (unpaired) electrons. The maximum absolute atomic E-state index is 12.5. The van der Waals surface area contributed by atoms with Crippen molar-refractivity contribution < 1.29 is 14.7 Å². The van der Waals surface area contributed by atoms with Gasteiger partial charge in [0.25, 0.3) is 0 Å². The molecule has 0 aromatic heterocycles. The van der Waals surface area contributed by atoms with Crippen LogP contribution in [0.4, 0.5) is 11.4 Å². The van der Waals surface area contributed by atoms with E-state index in [0.717, 1.165) is 50.4 Å². The van der Waals surface area contributed by atoms with Crippen molar-refractivity contribution in [2.24, 2.45) is 27.5 Å². The molecule has 3 aliphatic rings. The molecule has 2 fully saturated rings. The fourth-order valence-corrected chi connectivity index (χ4v) is 6.25. The molecule has 154 valence electrons. The second kappa shape index (κ2) is 7.15. The Labute approximate surface area is 176 Å². The van der Waals surface area contributed by atoms with Crippen LogP contribution < -0.4 is 0 Å². The van der Waals surface area contributed by atoms with Gasteiger partial charge in [-0.3, -0.25) is 9.59 Å². The number of phenols is 1. The third kappa shape index (κ3) is 2.91. The topological polar surface area (TPSA) is 79.1 Å². The van der Waals surface area contributed by atoms with E-state index in [2.05, 4.69) is 23.2 Å². The summed E-state index contributed by atoms with van der Waals surface area (Å²) >= 11 is 0. The van der Waals surface area contributed by atoms with Gasteiger partial charge in [0.2, 0.25) is 0 Å². The highest BCUT2D eigenvalue weighted by Gasteiger charge is 2.54. The first-order valence-corrected chi connectivity index (χ1v) is 10.9. The molecule has 3 unspecified atom stereocenters. The van der Waals surface area contributed by atoms with Crippen LogP contribution in [0, 0.1) is 17.3 Å². The summed E-state index contributed by atoms with van der Waals surface area (Å²) in [5.74, 6) is 2.05. The lowest BCUT2D eigenvalue weighted by atomic mass is 9.55. The smallest absolute Gasteiger partial charge is 0.150 e. The number of ketones is 1. The van der Waals surface area contributed by atoms with Gasteiger partial charge in [0.1, 0.15) is 23.5 Å². The van der Waals surface area contributed by atoms with Gasteiger partial charge >= 0.3 is 0 Å². The number of benzene rings is 2. The average Bonchev–Trinajstić information content (AvgIpc) is 3.07. The zero-order valence-corrected chi connectivity index (χ0v) is 17.2. The lowest BCUT2D eigenvalue weighted by molar-refractivity contribution is -0.129. The largest absolute Gasteiger partial charge is 0.506 e. The average molecular weight is 402 g/mol. The number of phenolic OH excluding ortho intramolecular Hbond substituents is 1. The SMILES string of the molecule is C[C@]12CCC3c4ccc(O)c(N=Nc5ccc(C=O)cc5)c4CCC3C1CCC2=O. The van der Waals surface area contributed by atoms with E-state index in [9.17, 15) is 14.7 Å². The van der Waals surface area contributed by atoms with Crippen LogP contribution in [0.15, 0.2) is 46.6 Å². The summed E-state index contributed by atoms with van der Waals surface area (Å²) in [5.41, 5.74) is 4.03. The minimum atomic E-state index is -0.133. The molecule has 0 bridgehead atoms. The molecular weight excluding hydrogens is 376 g/mol. The summed E-state index contributed by atoms with van der Waals surface area (Å²) in [7, 11) is 0. The minimum absolute atomic E-state index is 0.133. The molecule has 30 heavy (non-hydrogen) atoms. The van der Waals surface area contributed by atoms with Crippen molar-refractivity contribution in [3.8, 4) is 5.75 Å². The van der Waals surface area contributed by atoms with Gasteiger partial charge in [0.15, 0.2) is 0 Å². The number of hydrogen-bond donors (Lipinski definition) is 1. The van der Waals surface area contributed by atoms with Gasteiger partial charge in [-0.2, -0.15) is 5.11 Å². The van der Waals surface area contributed by atoms with E-state index in [-0.39, 0.29) is 11.2 Å². The van der Waals surface area contributed by atoms with E-state index in [1.807, 2.05) is 0 Å². The molecule has 5 rings (SSSR count). The molecular formula is C25H26N2O3. The van der Waals surface area contributed by atoms with Crippen molar-refractivity contribution in [3.63, 3.8) is 0 Å². The second-order valence-corrected chi connectivity index (χ2v) is 9.24. The van der Waals surface area contributed by atoms with Gasteiger partial charge < -0.3 is 5.11 Å². The van der Waals surface area contributed by atoms with E-state index in [1.54, 1.807) is 30.3 Å². The van der Waals surface area contributed by atoms with Crippen LogP contribution >= 0.6 is 0 Å². The van der Waals surface area contributed by atoms with Crippen LogP contribution in [0.5, 0.6) is 5.75 Å². The van der Waals surface area contributed by atoms with Crippen LogP contribution in [0.25, 0.3) is 0 Å². The molecule has 1 N–H and O–H groups in total. The summed E-state index contributed by atoms with van der Waals surface area (Å²) in [4.78, 5) is 23.3. The predicted octanol–water partition coefficient (Wildman–Crippen LogP) is 6.05. The maximum atomic E-state index is 12.5. The van der Waals surface area contributed by atoms with E-state index in [4.69, 9.17) is 0 Å². The first-order chi connectivity index (χ1) is 14.5. The van der Waals surface area contributed by atoms with Crippen LogP contribution in [-0.2, 0) is 11.2 Å². The third-order valence-electron chi connectivity index (χ3n) is 7.87. The van der Waals surface area contributed by atoms with E-state index < -0.39 is 0 Å². The number of hydrogen-bond acceptors (Lipinski definition) is 5.